The lowest BCUT2D eigenvalue weighted by Crippen LogP contribution is -3.11. The number of H-pyrrole nitrogens is 2. The number of hydrogen-bond donors (Lipinski definition) is 4. The van der Waals surface area contributed by atoms with Gasteiger partial charge in [0.05, 0.1) is 51.2 Å². The fourth-order valence-electron chi connectivity index (χ4n) is 5.74. The Kier molecular flexibility index (Phi) is 18.1. The Labute approximate surface area is 294 Å². The van der Waals surface area contributed by atoms with Gasteiger partial charge in [-0.25, -0.2) is 0 Å². The first-order valence-corrected chi connectivity index (χ1v) is 17.3. The Hall–Kier alpha value is -4.94. The van der Waals surface area contributed by atoms with Crippen molar-refractivity contribution >= 4 is 45.7 Å². The number of carbonyl (C=O) groups is 4. The highest BCUT2D eigenvalue weighted by Gasteiger charge is 2.15. The van der Waals surface area contributed by atoms with E-state index in [1.165, 1.54) is 50.9 Å². The van der Waals surface area contributed by atoms with Gasteiger partial charge in [0.2, 0.25) is 0 Å². The summed E-state index contributed by atoms with van der Waals surface area (Å²) in [5.74, 6) is -2.33. The van der Waals surface area contributed by atoms with Gasteiger partial charge >= 0.3 is 11.9 Å². The summed E-state index contributed by atoms with van der Waals surface area (Å²) in [6, 6.07) is 11.6. The fraction of sp³-hybridized carbons (Fsp3) is 0.421. The highest BCUT2D eigenvalue weighted by atomic mass is 16.5. The number of aromatic nitrogens is 2. The summed E-state index contributed by atoms with van der Waals surface area (Å²) in [5.41, 5.74) is 4.50. The summed E-state index contributed by atoms with van der Waals surface area (Å²) < 4.78 is 10.7. The topological polar surface area (TPSA) is 173 Å². The molecule has 4 aromatic rings. The highest BCUT2D eigenvalue weighted by molar-refractivity contribution is 5.92. The molecule has 2 heterocycles. The van der Waals surface area contributed by atoms with Crippen molar-refractivity contribution in [2.45, 2.75) is 67.2 Å². The van der Waals surface area contributed by atoms with E-state index in [0.29, 0.717) is 23.7 Å². The zero-order chi connectivity index (χ0) is 37.1. The van der Waals surface area contributed by atoms with Crippen LogP contribution in [0, 0.1) is 0 Å². The number of esters is 2. The van der Waals surface area contributed by atoms with Gasteiger partial charge in [0, 0.05) is 60.9 Å². The maximum Gasteiger partial charge on any atom is 0.308 e. The second-order valence-electron chi connectivity index (χ2n) is 11.9. The zero-order valence-corrected chi connectivity index (χ0v) is 30.1. The van der Waals surface area contributed by atoms with Crippen LogP contribution in [0.3, 0.4) is 0 Å². The first-order chi connectivity index (χ1) is 23.9. The van der Waals surface area contributed by atoms with E-state index >= 15 is 0 Å². The number of nitrogens with one attached hydrogen (secondary N) is 4. The molecule has 0 bridgehead atoms. The van der Waals surface area contributed by atoms with Gasteiger partial charge in [0.15, 0.2) is 0 Å². The summed E-state index contributed by atoms with van der Waals surface area (Å²) >= 11 is 0. The van der Waals surface area contributed by atoms with Gasteiger partial charge < -0.3 is 49.0 Å². The minimum atomic E-state index is -1.55. The number of benzene rings is 2. The average Bonchev–Trinajstić information content (AvgIpc) is 3.69. The molecule has 2 aromatic carbocycles. The summed E-state index contributed by atoms with van der Waals surface area (Å²) in [5, 5.41) is 20.9. The number of likely N-dealkylation sites (N-methyl/N-ethyl adjacent to an activating group) is 2. The Morgan fingerprint density at radius 2 is 1.02 bits per heavy atom. The Balaban J connectivity index is 0.000000286. The van der Waals surface area contributed by atoms with E-state index in [-0.39, 0.29) is 11.9 Å². The molecule has 4 N–H and O–H groups in total. The third-order valence-corrected chi connectivity index (χ3v) is 8.06. The predicted octanol–water partition coefficient (Wildman–Crippen LogP) is 0.943. The van der Waals surface area contributed by atoms with Crippen molar-refractivity contribution in [3.8, 4) is 11.5 Å². The number of ether oxygens (including phenoxy) is 2. The van der Waals surface area contributed by atoms with Crippen molar-refractivity contribution in [3.63, 3.8) is 0 Å². The molecule has 0 aliphatic heterocycles. The van der Waals surface area contributed by atoms with Gasteiger partial charge in [-0.15, -0.1) is 0 Å². The quantitative estimate of drug-likeness (QED) is 0.0763. The highest BCUT2D eigenvalue weighted by Crippen LogP contribution is 2.30. The number of rotatable bonds is 16. The van der Waals surface area contributed by atoms with Crippen molar-refractivity contribution in [1.82, 2.24) is 9.97 Å². The standard InChI is InChI=1S/2C17H24N2O2.C4H4O4/c2*1-4-10-19(5-2)11-9-14-12-18-15-7-6-8-16(17(14)15)21-13(3)20;5-3(6)1-2-4(7)8/h2*6-8,12,18H,4-5,9-11H2,1-3H3;1-2H,(H,5,6)(H,7,8)/b;;2-1+. The Morgan fingerprint density at radius 1 is 0.640 bits per heavy atom. The van der Waals surface area contributed by atoms with Crippen molar-refractivity contribution in [1.29, 1.82) is 0 Å². The van der Waals surface area contributed by atoms with E-state index in [1.807, 2.05) is 48.8 Å². The number of carbonyl (C=O) groups excluding carboxylic acids is 4. The van der Waals surface area contributed by atoms with E-state index in [9.17, 15) is 29.4 Å². The molecule has 2 aromatic heterocycles. The second-order valence-corrected chi connectivity index (χ2v) is 11.9. The second kappa shape index (κ2) is 21.9. The lowest BCUT2D eigenvalue weighted by atomic mass is 10.1. The SMILES string of the molecule is CCC[NH+](CC)CCc1c[nH]c2cccc(OC(C)=O)c12.CCC[NH+](CC)CCc1c[nH]c2cccc(OC(C)=O)c12.O=C([O-])/C=C/C(=O)[O-]. The Bertz CT molecular complexity index is 1580. The summed E-state index contributed by atoms with van der Waals surface area (Å²) in [7, 11) is 0. The van der Waals surface area contributed by atoms with Crippen LogP contribution in [0.2, 0.25) is 0 Å². The van der Waals surface area contributed by atoms with Crippen molar-refractivity contribution in [2.75, 3.05) is 39.3 Å². The molecule has 0 saturated heterocycles. The van der Waals surface area contributed by atoms with E-state index < -0.39 is 11.9 Å². The number of aliphatic carboxylic acids is 2. The maximum atomic E-state index is 11.3. The van der Waals surface area contributed by atoms with Crippen LogP contribution in [-0.4, -0.2) is 73.1 Å². The lowest BCUT2D eigenvalue weighted by Gasteiger charge is -2.16. The lowest BCUT2D eigenvalue weighted by molar-refractivity contribution is -0.898. The number of carboxylic acids is 2. The van der Waals surface area contributed by atoms with Gasteiger partial charge in [-0.2, -0.15) is 0 Å². The van der Waals surface area contributed by atoms with Crippen LogP contribution in [0.15, 0.2) is 60.9 Å². The average molecular weight is 693 g/mol. The minimum absolute atomic E-state index is 0.276. The van der Waals surface area contributed by atoms with Gasteiger partial charge in [-0.3, -0.25) is 9.59 Å². The van der Waals surface area contributed by atoms with Crippen LogP contribution < -0.4 is 29.5 Å². The molecular weight excluding hydrogens is 640 g/mol. The zero-order valence-electron chi connectivity index (χ0n) is 30.1. The molecule has 0 aliphatic rings. The van der Waals surface area contributed by atoms with Gasteiger partial charge in [0.1, 0.15) is 11.5 Å². The molecule has 2 atom stereocenters. The molecule has 0 radical (unpaired) electrons. The normalized spacial score (nSPS) is 12.0. The van der Waals surface area contributed by atoms with Gasteiger partial charge in [-0.05, 0) is 74.2 Å². The van der Waals surface area contributed by atoms with Crippen molar-refractivity contribution in [3.05, 3.63) is 72.1 Å². The molecule has 272 valence electrons. The van der Waals surface area contributed by atoms with Crippen LogP contribution in [-0.2, 0) is 32.0 Å². The van der Waals surface area contributed by atoms with Crippen LogP contribution in [0.4, 0.5) is 0 Å². The van der Waals surface area contributed by atoms with Crippen LogP contribution in [0.25, 0.3) is 21.8 Å². The third kappa shape index (κ3) is 13.9. The van der Waals surface area contributed by atoms with Gasteiger partial charge in [-0.1, -0.05) is 26.0 Å². The molecule has 0 fully saturated rings. The molecule has 0 aliphatic carbocycles. The number of hydrogen-bond acceptors (Lipinski definition) is 8. The first kappa shape index (κ1) is 41.2. The molecule has 12 nitrogen and oxygen atoms in total. The molecule has 12 heteroatoms. The largest absolute Gasteiger partial charge is 0.545 e. The molecular formula is C38H52N4O8. The molecule has 0 spiro atoms. The third-order valence-electron chi connectivity index (χ3n) is 8.06. The fourth-order valence-corrected chi connectivity index (χ4v) is 5.74. The maximum absolute atomic E-state index is 11.3. The molecule has 4 rings (SSSR count). The number of fused-ring (bicyclic) bond motifs is 2. The minimum Gasteiger partial charge on any atom is -0.545 e. The van der Waals surface area contributed by atoms with E-state index in [4.69, 9.17) is 9.47 Å². The predicted molar refractivity (Wildman–Crippen MR) is 189 cm³/mol. The molecule has 50 heavy (non-hydrogen) atoms. The smallest absolute Gasteiger partial charge is 0.308 e. The van der Waals surface area contributed by atoms with Crippen molar-refractivity contribution in [2.24, 2.45) is 0 Å². The number of quaternary nitrogens is 2. The van der Waals surface area contributed by atoms with E-state index in [0.717, 1.165) is 60.8 Å². The number of carboxylic acid groups (broad SMARTS) is 2. The molecule has 0 amide bonds. The monoisotopic (exact) mass is 692 g/mol. The number of aromatic amines is 2. The van der Waals surface area contributed by atoms with E-state index in [1.54, 1.807) is 9.80 Å². The van der Waals surface area contributed by atoms with Crippen LogP contribution in [0.1, 0.15) is 65.5 Å². The Morgan fingerprint density at radius 3 is 1.32 bits per heavy atom. The van der Waals surface area contributed by atoms with Gasteiger partial charge in [0.25, 0.3) is 0 Å². The summed E-state index contributed by atoms with van der Waals surface area (Å²) in [4.78, 5) is 51.1. The van der Waals surface area contributed by atoms with Crippen LogP contribution >= 0.6 is 0 Å². The molecule has 2 unspecified atom stereocenters. The van der Waals surface area contributed by atoms with Crippen molar-refractivity contribution < 1.29 is 48.7 Å². The first-order valence-electron chi connectivity index (χ1n) is 17.3. The summed E-state index contributed by atoms with van der Waals surface area (Å²) in [6.07, 6.45) is 9.23. The molecule has 0 saturated carbocycles. The van der Waals surface area contributed by atoms with E-state index in [2.05, 4.69) is 37.7 Å². The van der Waals surface area contributed by atoms with Crippen LogP contribution in [0.5, 0.6) is 11.5 Å². The summed E-state index contributed by atoms with van der Waals surface area (Å²) in [6.45, 7) is 18.7.